The molecule has 1 aliphatic heterocycles. The Hall–Kier alpha value is -2.20. The van der Waals surface area contributed by atoms with Gasteiger partial charge >= 0.3 is 0 Å². The highest BCUT2D eigenvalue weighted by molar-refractivity contribution is 6.30. The van der Waals surface area contributed by atoms with Gasteiger partial charge in [-0.2, -0.15) is 0 Å². The fraction of sp³-hybridized carbons (Fsp3) is 0.133. The van der Waals surface area contributed by atoms with Gasteiger partial charge in [-0.05, 0) is 35.4 Å². The molecule has 0 fully saturated rings. The molecule has 1 heterocycles. The third-order valence-electron chi connectivity index (χ3n) is 3.27. The molecule has 0 saturated carbocycles. The molecule has 4 nitrogen and oxygen atoms in total. The quantitative estimate of drug-likeness (QED) is 0.760. The van der Waals surface area contributed by atoms with Crippen molar-refractivity contribution in [2.45, 2.75) is 13.0 Å². The third-order valence-corrected chi connectivity index (χ3v) is 3.51. The number of fused-ring (bicyclic) bond motifs is 1. The van der Waals surface area contributed by atoms with Gasteiger partial charge < -0.3 is 16.4 Å². The summed E-state index contributed by atoms with van der Waals surface area (Å²) in [5.41, 5.74) is 10.3. The molecule has 3 rings (SSSR count). The van der Waals surface area contributed by atoms with Crippen LogP contribution in [0.15, 0.2) is 36.4 Å². The lowest BCUT2D eigenvalue weighted by Gasteiger charge is -2.11. The molecule has 0 unspecified atom stereocenters. The van der Waals surface area contributed by atoms with Crippen molar-refractivity contribution in [3.8, 4) is 0 Å². The van der Waals surface area contributed by atoms with Crippen LogP contribution in [0.25, 0.3) is 0 Å². The minimum atomic E-state index is 0.00592. The van der Waals surface area contributed by atoms with E-state index >= 15 is 0 Å². The zero-order chi connectivity index (χ0) is 14.1. The number of hydrogen-bond donors (Lipinski definition) is 3. The molecule has 1 amide bonds. The second-order valence-corrected chi connectivity index (χ2v) is 5.24. The summed E-state index contributed by atoms with van der Waals surface area (Å²) >= 11 is 5.95. The number of nitrogen functional groups attached to an aromatic ring is 1. The van der Waals surface area contributed by atoms with Crippen molar-refractivity contribution < 1.29 is 4.79 Å². The molecule has 2 aromatic rings. The normalized spacial score (nSPS) is 12.9. The van der Waals surface area contributed by atoms with E-state index in [0.29, 0.717) is 23.7 Å². The number of amides is 1. The second-order valence-electron chi connectivity index (χ2n) is 4.81. The molecular weight excluding hydrogens is 274 g/mol. The van der Waals surface area contributed by atoms with E-state index in [1.165, 1.54) is 0 Å². The Kier molecular flexibility index (Phi) is 3.24. The van der Waals surface area contributed by atoms with E-state index in [-0.39, 0.29) is 5.91 Å². The average Bonchev–Trinajstić information content (AvgIpc) is 2.75. The van der Waals surface area contributed by atoms with Crippen molar-refractivity contribution >= 4 is 34.6 Å². The second kappa shape index (κ2) is 5.06. The van der Waals surface area contributed by atoms with Crippen molar-refractivity contribution in [3.63, 3.8) is 0 Å². The Bertz CT molecular complexity index is 685. The first-order chi connectivity index (χ1) is 9.61. The molecule has 0 atom stereocenters. The van der Waals surface area contributed by atoms with Gasteiger partial charge in [0.2, 0.25) is 5.91 Å². The summed E-state index contributed by atoms with van der Waals surface area (Å²) in [6.07, 6.45) is 0.397. The molecule has 5 heteroatoms. The number of hydrogen-bond acceptors (Lipinski definition) is 3. The molecule has 0 aromatic heterocycles. The van der Waals surface area contributed by atoms with Crippen LogP contribution in [0.3, 0.4) is 0 Å². The van der Waals surface area contributed by atoms with E-state index in [1.807, 2.05) is 36.4 Å². The van der Waals surface area contributed by atoms with Crippen LogP contribution in [-0.2, 0) is 17.8 Å². The lowest BCUT2D eigenvalue weighted by Crippen LogP contribution is -2.04. The van der Waals surface area contributed by atoms with Crippen LogP contribution in [0.2, 0.25) is 5.02 Å². The first kappa shape index (κ1) is 12.8. The van der Waals surface area contributed by atoms with E-state index in [2.05, 4.69) is 10.6 Å². The van der Waals surface area contributed by atoms with E-state index in [0.717, 1.165) is 22.5 Å². The smallest absolute Gasteiger partial charge is 0.228 e. The summed E-state index contributed by atoms with van der Waals surface area (Å²) in [5.74, 6) is 0.00592. The molecule has 1 aliphatic rings. The highest BCUT2D eigenvalue weighted by atomic mass is 35.5. The summed E-state index contributed by atoms with van der Waals surface area (Å²) in [6, 6.07) is 11.4. The number of carbonyl (C=O) groups is 1. The van der Waals surface area contributed by atoms with Crippen LogP contribution in [0.1, 0.15) is 11.1 Å². The lowest BCUT2D eigenvalue weighted by molar-refractivity contribution is -0.115. The predicted molar refractivity (Wildman–Crippen MR) is 82.0 cm³/mol. The maximum Gasteiger partial charge on any atom is 0.228 e. The van der Waals surface area contributed by atoms with E-state index < -0.39 is 0 Å². The van der Waals surface area contributed by atoms with Gasteiger partial charge in [0.15, 0.2) is 0 Å². The fourth-order valence-electron chi connectivity index (χ4n) is 2.29. The highest BCUT2D eigenvalue weighted by Crippen LogP contribution is 2.31. The lowest BCUT2D eigenvalue weighted by atomic mass is 10.1. The van der Waals surface area contributed by atoms with Gasteiger partial charge in [-0.3, -0.25) is 4.79 Å². The van der Waals surface area contributed by atoms with Crippen LogP contribution in [0.5, 0.6) is 0 Å². The first-order valence-corrected chi connectivity index (χ1v) is 6.70. The van der Waals surface area contributed by atoms with Crippen LogP contribution < -0.4 is 16.4 Å². The highest BCUT2D eigenvalue weighted by Gasteiger charge is 2.19. The van der Waals surface area contributed by atoms with E-state index in [4.69, 9.17) is 17.3 Å². The van der Waals surface area contributed by atoms with E-state index in [1.54, 1.807) is 0 Å². The molecule has 0 bridgehead atoms. The molecule has 4 N–H and O–H groups in total. The van der Waals surface area contributed by atoms with Crippen molar-refractivity contribution in [2.75, 3.05) is 16.4 Å². The first-order valence-electron chi connectivity index (χ1n) is 6.32. The van der Waals surface area contributed by atoms with Gasteiger partial charge in [-0.25, -0.2) is 0 Å². The number of halogens is 1. The number of nitrogens with two attached hydrogens (primary N) is 1. The molecule has 102 valence electrons. The minimum absolute atomic E-state index is 0.00592. The topological polar surface area (TPSA) is 67.2 Å². The third kappa shape index (κ3) is 2.56. The van der Waals surface area contributed by atoms with Crippen molar-refractivity contribution in [3.05, 3.63) is 52.5 Å². The number of carbonyl (C=O) groups excluding carboxylic acids is 1. The summed E-state index contributed by atoms with van der Waals surface area (Å²) in [6.45, 7) is 0.623. The van der Waals surface area contributed by atoms with Gasteiger partial charge in [0, 0.05) is 17.3 Å². The zero-order valence-corrected chi connectivity index (χ0v) is 11.5. The predicted octanol–water partition coefficient (Wildman–Crippen LogP) is 3.03. The molecule has 2 aromatic carbocycles. The van der Waals surface area contributed by atoms with Gasteiger partial charge in [0.1, 0.15) is 0 Å². The monoisotopic (exact) mass is 287 g/mol. The Morgan fingerprint density at radius 3 is 2.95 bits per heavy atom. The van der Waals surface area contributed by atoms with Gasteiger partial charge in [0.25, 0.3) is 0 Å². The van der Waals surface area contributed by atoms with Crippen LogP contribution in [0, 0.1) is 0 Å². The Morgan fingerprint density at radius 2 is 2.15 bits per heavy atom. The van der Waals surface area contributed by atoms with E-state index in [9.17, 15) is 4.79 Å². The Balaban J connectivity index is 1.78. The number of rotatable bonds is 3. The maximum absolute atomic E-state index is 11.4. The fourth-order valence-corrected chi connectivity index (χ4v) is 2.50. The SMILES string of the molecule is Nc1cc2c(cc1NCc1cccc(Cl)c1)NC(=O)C2. The molecular formula is C15H14ClN3O. The molecule has 20 heavy (non-hydrogen) atoms. The molecule has 0 radical (unpaired) electrons. The van der Waals surface area contributed by atoms with Gasteiger partial charge in [-0.1, -0.05) is 23.7 Å². The largest absolute Gasteiger partial charge is 0.397 e. The van der Waals surface area contributed by atoms with Crippen LogP contribution in [0.4, 0.5) is 17.1 Å². The Morgan fingerprint density at radius 1 is 1.30 bits per heavy atom. The van der Waals surface area contributed by atoms with Crippen molar-refractivity contribution in [1.29, 1.82) is 0 Å². The minimum Gasteiger partial charge on any atom is -0.397 e. The van der Waals surface area contributed by atoms with Crippen LogP contribution in [-0.4, -0.2) is 5.91 Å². The molecule has 0 saturated heterocycles. The van der Waals surface area contributed by atoms with Gasteiger partial charge in [0.05, 0.1) is 17.8 Å². The summed E-state index contributed by atoms with van der Waals surface area (Å²) in [7, 11) is 0. The summed E-state index contributed by atoms with van der Waals surface area (Å²) in [5, 5.41) is 6.79. The summed E-state index contributed by atoms with van der Waals surface area (Å²) in [4.78, 5) is 11.4. The number of nitrogens with one attached hydrogen (secondary N) is 2. The molecule has 0 spiro atoms. The number of benzene rings is 2. The van der Waals surface area contributed by atoms with Crippen LogP contribution >= 0.6 is 11.6 Å². The average molecular weight is 288 g/mol. The zero-order valence-electron chi connectivity index (χ0n) is 10.7. The van der Waals surface area contributed by atoms with Crippen molar-refractivity contribution in [2.24, 2.45) is 0 Å². The van der Waals surface area contributed by atoms with Gasteiger partial charge in [-0.15, -0.1) is 0 Å². The summed E-state index contributed by atoms with van der Waals surface area (Å²) < 4.78 is 0. The standard InChI is InChI=1S/C15H14ClN3O/c16-11-3-1-2-9(4-11)8-18-14-7-13-10(5-12(14)17)6-15(20)19-13/h1-5,7,18H,6,8,17H2,(H,19,20). The molecule has 0 aliphatic carbocycles. The number of anilines is 3. The Labute approximate surface area is 121 Å². The van der Waals surface area contributed by atoms with Crippen molar-refractivity contribution in [1.82, 2.24) is 0 Å². The maximum atomic E-state index is 11.4.